The summed E-state index contributed by atoms with van der Waals surface area (Å²) >= 11 is 7.35. The third kappa shape index (κ3) is 4.20. The van der Waals surface area contributed by atoms with Crippen LogP contribution in [0.1, 0.15) is 31.7 Å². The number of imidazole rings is 1. The van der Waals surface area contributed by atoms with Gasteiger partial charge in [-0.05, 0) is 37.1 Å². The second-order valence-electron chi connectivity index (χ2n) is 6.49. The summed E-state index contributed by atoms with van der Waals surface area (Å²) < 4.78 is 3.89. The summed E-state index contributed by atoms with van der Waals surface area (Å²) in [6.45, 7) is 0. The summed E-state index contributed by atoms with van der Waals surface area (Å²) in [7, 11) is 0. The molecule has 0 aliphatic heterocycles. The third-order valence-electron chi connectivity index (χ3n) is 4.65. The Morgan fingerprint density at radius 1 is 1.19 bits per heavy atom. The van der Waals surface area contributed by atoms with Crippen LogP contribution in [0.15, 0.2) is 54.1 Å². The lowest BCUT2D eigenvalue weighted by Gasteiger charge is -2.14. The highest BCUT2D eigenvalue weighted by atomic mass is 35.5. The molecule has 0 atom stereocenters. The number of hydrogen-bond acceptors (Lipinski definition) is 4. The number of aromatic nitrogens is 4. The van der Waals surface area contributed by atoms with E-state index in [2.05, 4.69) is 15.4 Å². The van der Waals surface area contributed by atoms with E-state index in [0.29, 0.717) is 11.1 Å². The molecule has 6 nitrogen and oxygen atoms in total. The lowest BCUT2D eigenvalue weighted by molar-refractivity contribution is -0.113. The van der Waals surface area contributed by atoms with Crippen molar-refractivity contribution in [3.05, 3.63) is 53.9 Å². The van der Waals surface area contributed by atoms with E-state index in [1.165, 1.54) is 24.6 Å². The maximum Gasteiger partial charge on any atom is 0.235 e. The molecular formula is C19H20ClN5OS. The van der Waals surface area contributed by atoms with Crippen molar-refractivity contribution in [2.24, 2.45) is 0 Å². The topological polar surface area (TPSA) is 64.7 Å². The Bertz CT molecular complexity index is 914. The molecule has 1 aromatic carbocycles. The monoisotopic (exact) mass is 401 g/mol. The van der Waals surface area contributed by atoms with Crippen LogP contribution in [-0.2, 0) is 4.79 Å². The van der Waals surface area contributed by atoms with Crippen molar-refractivity contribution < 1.29 is 4.79 Å². The Kier molecular flexibility index (Phi) is 5.50. The Morgan fingerprint density at radius 3 is 2.74 bits per heavy atom. The zero-order valence-corrected chi connectivity index (χ0v) is 16.3. The molecule has 1 saturated carbocycles. The van der Waals surface area contributed by atoms with Crippen molar-refractivity contribution in [2.45, 2.75) is 36.9 Å². The molecule has 4 rings (SSSR count). The summed E-state index contributed by atoms with van der Waals surface area (Å²) in [4.78, 5) is 16.8. The predicted octanol–water partition coefficient (Wildman–Crippen LogP) is 4.57. The standard InChI is InChI=1S/C19H20ClN5OS/c20-14-5-7-15(8-6-14)24-12-11-21-19(24)27-13-18(26)23-17-9-10-22-25(17)16-3-1-2-4-16/h5-12,16H,1-4,13H2,(H,23,26). The third-order valence-corrected chi connectivity index (χ3v) is 5.87. The molecule has 8 heteroatoms. The van der Waals surface area contributed by atoms with Gasteiger partial charge in [0.25, 0.3) is 0 Å². The fourth-order valence-corrected chi connectivity index (χ4v) is 4.26. The smallest absolute Gasteiger partial charge is 0.235 e. The van der Waals surface area contributed by atoms with Crippen LogP contribution in [0, 0.1) is 0 Å². The molecule has 0 radical (unpaired) electrons. The number of halogens is 1. The van der Waals surface area contributed by atoms with Gasteiger partial charge in [0.2, 0.25) is 5.91 Å². The molecule has 2 aromatic heterocycles. The minimum absolute atomic E-state index is 0.0644. The van der Waals surface area contributed by atoms with Crippen LogP contribution in [0.2, 0.25) is 5.02 Å². The minimum atomic E-state index is -0.0644. The van der Waals surface area contributed by atoms with E-state index in [0.717, 1.165) is 29.5 Å². The highest BCUT2D eigenvalue weighted by Gasteiger charge is 2.20. The molecule has 1 amide bonds. The molecule has 1 aliphatic carbocycles. The number of rotatable bonds is 6. The zero-order chi connectivity index (χ0) is 18.6. The van der Waals surface area contributed by atoms with Gasteiger partial charge < -0.3 is 5.32 Å². The van der Waals surface area contributed by atoms with Crippen molar-refractivity contribution in [3.63, 3.8) is 0 Å². The lowest BCUT2D eigenvalue weighted by atomic mass is 10.2. The zero-order valence-electron chi connectivity index (χ0n) is 14.7. The van der Waals surface area contributed by atoms with Gasteiger partial charge in [0, 0.05) is 29.2 Å². The molecule has 0 bridgehead atoms. The van der Waals surface area contributed by atoms with Gasteiger partial charge in [0.1, 0.15) is 5.82 Å². The van der Waals surface area contributed by atoms with Gasteiger partial charge >= 0.3 is 0 Å². The predicted molar refractivity (Wildman–Crippen MR) is 108 cm³/mol. The van der Waals surface area contributed by atoms with E-state index in [9.17, 15) is 4.79 Å². The van der Waals surface area contributed by atoms with Gasteiger partial charge in [-0.3, -0.25) is 9.36 Å². The maximum absolute atomic E-state index is 12.4. The van der Waals surface area contributed by atoms with Crippen molar-refractivity contribution in [2.75, 3.05) is 11.1 Å². The highest BCUT2D eigenvalue weighted by Crippen LogP contribution is 2.31. The van der Waals surface area contributed by atoms with Gasteiger partial charge in [-0.15, -0.1) is 0 Å². The molecule has 140 valence electrons. The molecule has 1 aliphatic rings. The summed E-state index contributed by atoms with van der Waals surface area (Å²) in [5.74, 6) is 0.986. The van der Waals surface area contributed by atoms with E-state index in [1.807, 2.05) is 45.8 Å². The number of hydrogen-bond donors (Lipinski definition) is 1. The van der Waals surface area contributed by atoms with Crippen LogP contribution in [0.25, 0.3) is 5.69 Å². The summed E-state index contributed by atoms with van der Waals surface area (Å²) in [5.41, 5.74) is 0.958. The number of carbonyl (C=O) groups is 1. The molecule has 27 heavy (non-hydrogen) atoms. The Labute approximate surface area is 166 Å². The molecular weight excluding hydrogens is 382 g/mol. The van der Waals surface area contributed by atoms with E-state index in [-0.39, 0.29) is 11.7 Å². The molecule has 2 heterocycles. The number of benzene rings is 1. The maximum atomic E-state index is 12.4. The van der Waals surface area contributed by atoms with Crippen LogP contribution in [0.4, 0.5) is 5.82 Å². The van der Waals surface area contributed by atoms with Crippen LogP contribution < -0.4 is 5.32 Å². The van der Waals surface area contributed by atoms with Crippen LogP contribution in [0.3, 0.4) is 0 Å². The first-order chi connectivity index (χ1) is 13.2. The largest absolute Gasteiger partial charge is 0.310 e. The molecule has 0 saturated heterocycles. The van der Waals surface area contributed by atoms with Crippen LogP contribution in [-0.4, -0.2) is 31.0 Å². The SMILES string of the molecule is O=C(CSc1nccn1-c1ccc(Cl)cc1)Nc1ccnn1C1CCCC1. The van der Waals surface area contributed by atoms with Crippen LogP contribution >= 0.6 is 23.4 Å². The first-order valence-corrected chi connectivity index (χ1v) is 10.3. The number of amides is 1. The second kappa shape index (κ2) is 8.19. The van der Waals surface area contributed by atoms with E-state index >= 15 is 0 Å². The molecule has 3 aromatic rings. The number of thioether (sulfide) groups is 1. The van der Waals surface area contributed by atoms with E-state index in [1.54, 1.807) is 12.4 Å². The van der Waals surface area contributed by atoms with E-state index in [4.69, 9.17) is 11.6 Å². The molecule has 0 unspecified atom stereocenters. The van der Waals surface area contributed by atoms with Gasteiger partial charge in [0.15, 0.2) is 5.16 Å². The van der Waals surface area contributed by atoms with Gasteiger partial charge in [-0.1, -0.05) is 36.2 Å². The van der Waals surface area contributed by atoms with Gasteiger partial charge in [-0.2, -0.15) is 5.10 Å². The molecule has 1 fully saturated rings. The quantitative estimate of drug-likeness (QED) is 0.614. The van der Waals surface area contributed by atoms with Crippen molar-refractivity contribution >= 4 is 35.1 Å². The Hall–Kier alpha value is -2.25. The van der Waals surface area contributed by atoms with Gasteiger partial charge in [-0.25, -0.2) is 9.67 Å². The average Bonchev–Trinajstić information content (AvgIpc) is 3.42. The minimum Gasteiger partial charge on any atom is -0.310 e. The summed E-state index contributed by atoms with van der Waals surface area (Å²) in [6.07, 6.45) is 10.0. The first-order valence-electron chi connectivity index (χ1n) is 8.96. The Morgan fingerprint density at radius 2 is 1.96 bits per heavy atom. The van der Waals surface area contributed by atoms with Crippen molar-refractivity contribution in [1.82, 2.24) is 19.3 Å². The van der Waals surface area contributed by atoms with E-state index < -0.39 is 0 Å². The lowest BCUT2D eigenvalue weighted by Crippen LogP contribution is -2.19. The average molecular weight is 402 g/mol. The summed E-state index contributed by atoms with van der Waals surface area (Å²) in [5, 5.41) is 8.82. The fourth-order valence-electron chi connectivity index (χ4n) is 3.36. The highest BCUT2D eigenvalue weighted by molar-refractivity contribution is 7.99. The molecule has 1 N–H and O–H groups in total. The first kappa shape index (κ1) is 18.1. The van der Waals surface area contributed by atoms with Gasteiger partial charge in [0.05, 0.1) is 18.0 Å². The fraction of sp³-hybridized carbons (Fsp3) is 0.316. The second-order valence-corrected chi connectivity index (χ2v) is 7.87. The molecule has 0 spiro atoms. The Balaban J connectivity index is 1.39. The van der Waals surface area contributed by atoms with Crippen molar-refractivity contribution in [1.29, 1.82) is 0 Å². The van der Waals surface area contributed by atoms with Crippen LogP contribution in [0.5, 0.6) is 0 Å². The number of carbonyl (C=O) groups excluding carboxylic acids is 1. The number of nitrogens with one attached hydrogen (secondary N) is 1. The normalized spacial score (nSPS) is 14.6. The number of nitrogens with zero attached hydrogens (tertiary/aromatic N) is 4. The van der Waals surface area contributed by atoms with Crippen molar-refractivity contribution in [3.8, 4) is 5.69 Å². The number of anilines is 1. The summed E-state index contributed by atoms with van der Waals surface area (Å²) in [6, 6.07) is 9.77.